The van der Waals surface area contributed by atoms with E-state index in [4.69, 9.17) is 10.9 Å². The first-order valence-electron chi connectivity index (χ1n) is 6.64. The van der Waals surface area contributed by atoms with Gasteiger partial charge >= 0.3 is 0 Å². The number of phenols is 1. The number of amidine groups is 1. The second kappa shape index (κ2) is 6.26. The third kappa shape index (κ3) is 2.92. The van der Waals surface area contributed by atoms with Crippen LogP contribution >= 0.6 is 11.8 Å². The van der Waals surface area contributed by atoms with Crippen LogP contribution in [-0.4, -0.2) is 51.0 Å². The van der Waals surface area contributed by atoms with E-state index in [1.807, 2.05) is 6.26 Å². The Morgan fingerprint density at radius 3 is 2.52 bits per heavy atom. The Morgan fingerprint density at radius 1 is 1.38 bits per heavy atom. The maximum Gasteiger partial charge on any atom is 0.257 e. The molecule has 4 N–H and O–H groups in total. The molecule has 0 saturated carbocycles. The molecule has 1 aliphatic rings. The lowest BCUT2D eigenvalue weighted by molar-refractivity contribution is 0.0715. The summed E-state index contributed by atoms with van der Waals surface area (Å²) in [6, 6.07) is 6.51. The van der Waals surface area contributed by atoms with Crippen molar-refractivity contribution in [1.82, 2.24) is 4.90 Å². The van der Waals surface area contributed by atoms with E-state index in [2.05, 4.69) is 5.16 Å². The number of amides is 1. The number of phenolic OH excluding ortho intramolecular Hbond substituents is 1. The van der Waals surface area contributed by atoms with Gasteiger partial charge in [-0.15, -0.1) is 0 Å². The summed E-state index contributed by atoms with van der Waals surface area (Å²) in [5.41, 5.74) is 6.09. The van der Waals surface area contributed by atoms with Crippen molar-refractivity contribution in [3.63, 3.8) is 0 Å². The number of nitrogens with zero attached hydrogens (tertiary/aromatic N) is 2. The number of likely N-dealkylation sites (tertiary alicyclic amines) is 1. The minimum absolute atomic E-state index is 0.0133. The van der Waals surface area contributed by atoms with Crippen LogP contribution in [0.1, 0.15) is 23.2 Å². The third-order valence-electron chi connectivity index (χ3n) is 3.96. The van der Waals surface area contributed by atoms with Crippen LogP contribution in [0.25, 0.3) is 0 Å². The summed E-state index contributed by atoms with van der Waals surface area (Å²) >= 11 is 1.54. The number of hydrogen-bond donors (Lipinski definition) is 3. The number of carbonyl (C=O) groups excluding carboxylic acids is 1. The minimum atomic E-state index is -0.426. The second-order valence-electron chi connectivity index (χ2n) is 4.99. The Bertz CT molecular complexity index is 554. The lowest BCUT2D eigenvalue weighted by Crippen LogP contribution is -2.51. The van der Waals surface area contributed by atoms with Gasteiger partial charge in [0.1, 0.15) is 5.75 Å². The summed E-state index contributed by atoms with van der Waals surface area (Å²) in [6.45, 7) is 1.01. The monoisotopic (exact) mass is 309 g/mol. The molecule has 1 aliphatic heterocycles. The number of thioether (sulfide) groups is 1. The molecule has 1 aromatic carbocycles. The van der Waals surface area contributed by atoms with E-state index in [0.717, 1.165) is 0 Å². The summed E-state index contributed by atoms with van der Waals surface area (Å²) < 4.78 is -0.426. The topological polar surface area (TPSA) is 99.2 Å². The van der Waals surface area contributed by atoms with Crippen molar-refractivity contribution in [2.75, 3.05) is 19.3 Å². The fraction of sp³-hybridized carbons (Fsp3) is 0.429. The maximum atomic E-state index is 12.4. The Morgan fingerprint density at radius 2 is 2.00 bits per heavy atom. The molecule has 0 aromatic heterocycles. The van der Waals surface area contributed by atoms with Crippen LogP contribution in [0.4, 0.5) is 0 Å². The zero-order valence-electron chi connectivity index (χ0n) is 11.8. The number of oxime groups is 1. The quantitative estimate of drug-likeness (QED) is 0.340. The van der Waals surface area contributed by atoms with Gasteiger partial charge in [0.05, 0.1) is 10.3 Å². The molecular weight excluding hydrogens is 290 g/mol. The van der Waals surface area contributed by atoms with E-state index in [-0.39, 0.29) is 17.5 Å². The Hall–Kier alpha value is -1.89. The third-order valence-corrected chi connectivity index (χ3v) is 5.36. The van der Waals surface area contributed by atoms with Crippen LogP contribution < -0.4 is 5.73 Å². The molecule has 0 bridgehead atoms. The molecule has 7 heteroatoms. The summed E-state index contributed by atoms with van der Waals surface area (Å²) in [5.74, 6) is -0.00685. The van der Waals surface area contributed by atoms with Crippen molar-refractivity contribution in [1.29, 1.82) is 0 Å². The van der Waals surface area contributed by atoms with Gasteiger partial charge in [-0.05, 0) is 31.2 Å². The van der Waals surface area contributed by atoms with Gasteiger partial charge in [0.15, 0.2) is 5.84 Å². The molecule has 0 aliphatic carbocycles. The van der Waals surface area contributed by atoms with Crippen molar-refractivity contribution >= 4 is 23.5 Å². The van der Waals surface area contributed by atoms with Crippen molar-refractivity contribution in [2.45, 2.75) is 17.6 Å². The highest BCUT2D eigenvalue weighted by molar-refractivity contribution is 8.00. The van der Waals surface area contributed by atoms with E-state index in [1.54, 1.807) is 23.1 Å². The van der Waals surface area contributed by atoms with Crippen LogP contribution in [0.15, 0.2) is 29.4 Å². The van der Waals surface area contributed by atoms with Crippen LogP contribution in [0.3, 0.4) is 0 Å². The first kappa shape index (κ1) is 15.5. The molecule has 6 nitrogen and oxygen atoms in total. The van der Waals surface area contributed by atoms with E-state index >= 15 is 0 Å². The minimum Gasteiger partial charge on any atom is -0.507 e. The van der Waals surface area contributed by atoms with E-state index in [9.17, 15) is 9.90 Å². The van der Waals surface area contributed by atoms with Crippen molar-refractivity contribution in [3.05, 3.63) is 29.8 Å². The van der Waals surface area contributed by atoms with Crippen LogP contribution in [0.2, 0.25) is 0 Å². The number of benzene rings is 1. The molecule has 0 unspecified atom stereocenters. The smallest absolute Gasteiger partial charge is 0.257 e. The second-order valence-corrected chi connectivity index (χ2v) is 6.18. The number of piperidine rings is 1. The highest BCUT2D eigenvalue weighted by atomic mass is 32.2. The SMILES string of the molecule is CSC1(C(N)=NO)CCN(C(=O)c2ccccc2O)CC1. The highest BCUT2D eigenvalue weighted by Crippen LogP contribution is 2.35. The van der Waals surface area contributed by atoms with Gasteiger partial charge in [0.25, 0.3) is 5.91 Å². The van der Waals surface area contributed by atoms with Crippen LogP contribution in [0, 0.1) is 0 Å². The van der Waals surface area contributed by atoms with Crippen molar-refractivity contribution in [2.24, 2.45) is 10.9 Å². The van der Waals surface area contributed by atoms with Gasteiger partial charge in [0.2, 0.25) is 0 Å². The molecule has 2 rings (SSSR count). The summed E-state index contributed by atoms with van der Waals surface area (Å²) in [7, 11) is 0. The number of para-hydroxylation sites is 1. The standard InChI is InChI=1S/C14H19N3O3S/c1-21-14(13(15)16-20)6-8-17(9-7-14)12(19)10-4-2-3-5-11(10)18/h2-5,18,20H,6-9H2,1H3,(H2,15,16). The van der Waals surface area contributed by atoms with Crippen molar-refractivity contribution < 1.29 is 15.1 Å². The number of carbonyl (C=O) groups is 1. The van der Waals surface area contributed by atoms with E-state index in [0.29, 0.717) is 31.5 Å². The Kier molecular flexibility index (Phi) is 4.62. The molecule has 114 valence electrons. The maximum absolute atomic E-state index is 12.4. The first-order valence-corrected chi connectivity index (χ1v) is 7.87. The zero-order valence-corrected chi connectivity index (χ0v) is 12.6. The fourth-order valence-electron chi connectivity index (χ4n) is 2.55. The molecule has 1 saturated heterocycles. The number of aromatic hydroxyl groups is 1. The first-order chi connectivity index (χ1) is 10.0. The number of hydrogen-bond acceptors (Lipinski definition) is 5. The molecule has 1 amide bonds. The zero-order chi connectivity index (χ0) is 15.5. The van der Waals surface area contributed by atoms with Crippen LogP contribution in [0.5, 0.6) is 5.75 Å². The average Bonchev–Trinajstić information content (AvgIpc) is 2.54. The highest BCUT2D eigenvalue weighted by Gasteiger charge is 2.39. The fourth-order valence-corrected chi connectivity index (χ4v) is 3.39. The Balaban J connectivity index is 2.11. The molecular formula is C14H19N3O3S. The Labute approximate surface area is 127 Å². The summed E-state index contributed by atoms with van der Waals surface area (Å²) in [5, 5.41) is 21.8. The molecule has 1 heterocycles. The molecule has 0 radical (unpaired) electrons. The van der Waals surface area contributed by atoms with Gasteiger partial charge in [-0.2, -0.15) is 11.8 Å². The summed E-state index contributed by atoms with van der Waals surface area (Å²) in [4.78, 5) is 14.1. The van der Waals surface area contributed by atoms with Gasteiger partial charge in [0, 0.05) is 13.1 Å². The van der Waals surface area contributed by atoms with Gasteiger partial charge < -0.3 is 20.9 Å². The van der Waals surface area contributed by atoms with Crippen LogP contribution in [-0.2, 0) is 0 Å². The van der Waals surface area contributed by atoms with Gasteiger partial charge in [-0.1, -0.05) is 17.3 Å². The number of nitrogens with two attached hydrogens (primary N) is 1. The predicted molar refractivity (Wildman–Crippen MR) is 82.9 cm³/mol. The summed E-state index contributed by atoms with van der Waals surface area (Å²) in [6.07, 6.45) is 3.14. The predicted octanol–water partition coefficient (Wildman–Crippen LogP) is 1.48. The molecule has 1 fully saturated rings. The lowest BCUT2D eigenvalue weighted by Gasteiger charge is -2.39. The lowest BCUT2D eigenvalue weighted by atomic mass is 9.94. The normalized spacial score (nSPS) is 18.5. The van der Waals surface area contributed by atoms with Gasteiger partial charge in [-0.3, -0.25) is 4.79 Å². The molecule has 1 aromatic rings. The molecule has 0 spiro atoms. The molecule has 21 heavy (non-hydrogen) atoms. The average molecular weight is 309 g/mol. The van der Waals surface area contributed by atoms with Crippen molar-refractivity contribution in [3.8, 4) is 5.75 Å². The van der Waals surface area contributed by atoms with E-state index in [1.165, 1.54) is 17.8 Å². The number of rotatable bonds is 3. The molecule has 0 atom stereocenters. The van der Waals surface area contributed by atoms with E-state index < -0.39 is 4.75 Å². The van der Waals surface area contributed by atoms with Gasteiger partial charge in [-0.25, -0.2) is 0 Å². The largest absolute Gasteiger partial charge is 0.507 e.